The zero-order valence-electron chi connectivity index (χ0n) is 15.7. The van der Waals surface area contributed by atoms with Gasteiger partial charge in [-0.2, -0.15) is 4.39 Å². The van der Waals surface area contributed by atoms with E-state index in [1.165, 1.54) is 17.4 Å². The largest absolute Gasteiger partial charge is 0.462 e. The van der Waals surface area contributed by atoms with Crippen LogP contribution < -0.4 is 10.6 Å². The van der Waals surface area contributed by atoms with Crippen LogP contribution >= 0.6 is 23.6 Å². The summed E-state index contributed by atoms with van der Waals surface area (Å²) in [5, 5.41) is 17.5. The van der Waals surface area contributed by atoms with E-state index in [-0.39, 0.29) is 17.4 Å². The summed E-state index contributed by atoms with van der Waals surface area (Å²) < 4.78 is 18.8. The molecule has 154 valence electrons. The number of thiophene rings is 1. The van der Waals surface area contributed by atoms with Gasteiger partial charge in [0.2, 0.25) is 5.82 Å². The second-order valence-electron chi connectivity index (χ2n) is 6.49. The molecule has 1 aromatic heterocycles. The number of anilines is 2. The highest BCUT2D eigenvalue weighted by atomic mass is 32.1. The average molecular weight is 438 g/mol. The van der Waals surface area contributed by atoms with E-state index in [1.54, 1.807) is 6.92 Å². The Morgan fingerprint density at radius 3 is 2.79 bits per heavy atom. The highest BCUT2D eigenvalue weighted by Crippen LogP contribution is 2.38. The molecule has 29 heavy (non-hydrogen) atoms. The molecule has 0 unspecified atom stereocenters. The van der Waals surface area contributed by atoms with E-state index < -0.39 is 22.4 Å². The van der Waals surface area contributed by atoms with E-state index >= 15 is 0 Å². The van der Waals surface area contributed by atoms with Crippen molar-refractivity contribution in [2.24, 2.45) is 0 Å². The summed E-state index contributed by atoms with van der Waals surface area (Å²) in [5.41, 5.74) is 1.14. The van der Waals surface area contributed by atoms with E-state index in [0.29, 0.717) is 10.6 Å². The van der Waals surface area contributed by atoms with Crippen LogP contribution in [0.3, 0.4) is 0 Å². The standard InChI is InChI=1S/C19H20FN3O4S2/c1-2-27-18(24)16-12-6-4-3-5-7-15(12)29-17(16)22-19(28)21-11-8-9-13(20)14(10-11)23(25)26/h8-10H,2-7H2,1H3,(H2,21,22,28). The number of hydrogen-bond acceptors (Lipinski definition) is 6. The summed E-state index contributed by atoms with van der Waals surface area (Å²) in [7, 11) is 0. The van der Waals surface area contributed by atoms with E-state index in [2.05, 4.69) is 10.6 Å². The molecule has 3 rings (SSSR count). The number of aryl methyl sites for hydroxylation is 1. The van der Waals surface area contributed by atoms with Crippen molar-refractivity contribution in [3.63, 3.8) is 0 Å². The molecular formula is C19H20FN3O4S2. The third kappa shape index (κ3) is 4.88. The zero-order chi connectivity index (χ0) is 21.0. The highest BCUT2D eigenvalue weighted by molar-refractivity contribution is 7.80. The summed E-state index contributed by atoms with van der Waals surface area (Å²) in [6.45, 7) is 2.02. The van der Waals surface area contributed by atoms with Crippen LogP contribution in [0.2, 0.25) is 0 Å². The van der Waals surface area contributed by atoms with Crippen molar-refractivity contribution in [2.75, 3.05) is 17.2 Å². The van der Waals surface area contributed by atoms with Gasteiger partial charge in [0.05, 0.1) is 17.1 Å². The number of thiocarbonyl (C=S) groups is 1. The maximum atomic E-state index is 13.5. The first kappa shape index (κ1) is 21.1. The first-order chi connectivity index (χ1) is 13.9. The zero-order valence-corrected chi connectivity index (χ0v) is 17.4. The lowest BCUT2D eigenvalue weighted by Crippen LogP contribution is -2.20. The number of carbonyl (C=O) groups is 1. The molecular weight excluding hydrogens is 417 g/mol. The van der Waals surface area contributed by atoms with E-state index in [1.807, 2.05) is 0 Å². The Bertz CT molecular complexity index is 961. The Morgan fingerprint density at radius 2 is 2.07 bits per heavy atom. The molecule has 2 aromatic rings. The molecule has 1 aliphatic carbocycles. The number of esters is 1. The summed E-state index contributed by atoms with van der Waals surface area (Å²) >= 11 is 6.78. The molecule has 0 radical (unpaired) electrons. The molecule has 0 saturated carbocycles. The van der Waals surface area contributed by atoms with Crippen LogP contribution in [-0.2, 0) is 17.6 Å². The third-order valence-corrected chi connectivity index (χ3v) is 5.94. The van der Waals surface area contributed by atoms with Crippen LogP contribution in [-0.4, -0.2) is 22.6 Å². The van der Waals surface area contributed by atoms with Gasteiger partial charge in [-0.25, -0.2) is 4.79 Å². The first-order valence-corrected chi connectivity index (χ1v) is 10.5. The normalized spacial score (nSPS) is 13.2. The number of benzene rings is 1. The summed E-state index contributed by atoms with van der Waals surface area (Å²) in [6.07, 6.45) is 4.91. The smallest absolute Gasteiger partial charge is 0.341 e. The molecule has 0 bridgehead atoms. The minimum atomic E-state index is -0.925. The van der Waals surface area contributed by atoms with Crippen molar-refractivity contribution in [2.45, 2.75) is 39.0 Å². The number of nitro groups is 1. The molecule has 1 aromatic carbocycles. The van der Waals surface area contributed by atoms with Crippen molar-refractivity contribution in [3.8, 4) is 0 Å². The molecule has 7 nitrogen and oxygen atoms in total. The van der Waals surface area contributed by atoms with Gasteiger partial charge in [0, 0.05) is 16.6 Å². The summed E-state index contributed by atoms with van der Waals surface area (Å²) in [4.78, 5) is 23.8. The fourth-order valence-electron chi connectivity index (χ4n) is 3.25. The lowest BCUT2D eigenvalue weighted by molar-refractivity contribution is -0.387. The van der Waals surface area contributed by atoms with Gasteiger partial charge >= 0.3 is 11.7 Å². The molecule has 0 spiro atoms. The Kier molecular flexibility index (Phi) is 6.75. The molecule has 0 aliphatic heterocycles. The van der Waals surface area contributed by atoms with Crippen LogP contribution in [0, 0.1) is 15.9 Å². The van der Waals surface area contributed by atoms with Gasteiger partial charge in [-0.05, 0) is 62.5 Å². The minimum Gasteiger partial charge on any atom is -0.462 e. The van der Waals surface area contributed by atoms with Crippen molar-refractivity contribution in [3.05, 3.63) is 50.1 Å². The van der Waals surface area contributed by atoms with Gasteiger partial charge in [-0.3, -0.25) is 10.1 Å². The van der Waals surface area contributed by atoms with Crippen LogP contribution in [0.5, 0.6) is 0 Å². The Balaban J connectivity index is 1.84. The number of halogens is 1. The molecule has 0 saturated heterocycles. The molecule has 0 fully saturated rings. The Labute approximate surface area is 176 Å². The Hall–Kier alpha value is -2.59. The van der Waals surface area contributed by atoms with E-state index in [9.17, 15) is 19.3 Å². The fraction of sp³-hybridized carbons (Fsp3) is 0.368. The van der Waals surface area contributed by atoms with Crippen molar-refractivity contribution in [1.29, 1.82) is 0 Å². The number of fused-ring (bicyclic) bond motifs is 1. The number of carbonyl (C=O) groups excluding carboxylic acids is 1. The van der Waals surface area contributed by atoms with Crippen LogP contribution in [0.4, 0.5) is 20.8 Å². The SMILES string of the molecule is CCOC(=O)c1c(NC(=S)Nc2ccc(F)c([N+](=O)[O-])c2)sc2c1CCCCC2. The number of nitrogens with one attached hydrogen (secondary N) is 2. The lowest BCUT2D eigenvalue weighted by atomic mass is 10.1. The summed E-state index contributed by atoms with van der Waals surface area (Å²) in [5.74, 6) is -1.32. The number of nitrogens with zero attached hydrogens (tertiary/aromatic N) is 1. The van der Waals surface area contributed by atoms with Gasteiger partial charge in [-0.15, -0.1) is 11.3 Å². The summed E-state index contributed by atoms with van der Waals surface area (Å²) in [6, 6.07) is 3.42. The maximum absolute atomic E-state index is 13.5. The molecule has 0 amide bonds. The van der Waals surface area contributed by atoms with Crippen LogP contribution in [0.1, 0.15) is 47.0 Å². The van der Waals surface area contributed by atoms with Crippen LogP contribution in [0.25, 0.3) is 0 Å². The fourth-order valence-corrected chi connectivity index (χ4v) is 4.81. The van der Waals surface area contributed by atoms with Crippen molar-refractivity contribution >= 4 is 51.0 Å². The monoisotopic (exact) mass is 437 g/mol. The topological polar surface area (TPSA) is 93.5 Å². The molecule has 1 heterocycles. The molecule has 0 atom stereocenters. The Morgan fingerprint density at radius 1 is 1.31 bits per heavy atom. The second-order valence-corrected chi connectivity index (χ2v) is 8.00. The molecule has 10 heteroatoms. The third-order valence-electron chi connectivity index (χ3n) is 4.53. The number of hydrogen-bond donors (Lipinski definition) is 2. The van der Waals surface area contributed by atoms with Crippen molar-refractivity contribution in [1.82, 2.24) is 0 Å². The lowest BCUT2D eigenvalue weighted by Gasteiger charge is -2.12. The highest BCUT2D eigenvalue weighted by Gasteiger charge is 2.26. The van der Waals surface area contributed by atoms with Gasteiger partial charge in [0.1, 0.15) is 5.00 Å². The van der Waals surface area contributed by atoms with Crippen molar-refractivity contribution < 1.29 is 18.8 Å². The first-order valence-electron chi connectivity index (χ1n) is 9.24. The van der Waals surface area contributed by atoms with E-state index in [4.69, 9.17) is 17.0 Å². The van der Waals surface area contributed by atoms with Gasteiger partial charge in [0.15, 0.2) is 5.11 Å². The molecule has 1 aliphatic rings. The van der Waals surface area contributed by atoms with Gasteiger partial charge in [-0.1, -0.05) is 6.42 Å². The predicted octanol–water partition coefficient (Wildman–Crippen LogP) is 5.05. The van der Waals surface area contributed by atoms with Crippen LogP contribution in [0.15, 0.2) is 18.2 Å². The van der Waals surface area contributed by atoms with Gasteiger partial charge < -0.3 is 15.4 Å². The number of nitro benzene ring substituents is 1. The average Bonchev–Trinajstić information content (AvgIpc) is 2.83. The second kappa shape index (κ2) is 9.27. The quantitative estimate of drug-likeness (QED) is 0.222. The number of rotatable bonds is 5. The number of ether oxygens (including phenoxy) is 1. The maximum Gasteiger partial charge on any atom is 0.341 e. The predicted molar refractivity (Wildman–Crippen MR) is 114 cm³/mol. The minimum absolute atomic E-state index is 0.146. The van der Waals surface area contributed by atoms with E-state index in [0.717, 1.165) is 54.7 Å². The molecule has 2 N–H and O–H groups in total. The van der Waals surface area contributed by atoms with Gasteiger partial charge in [0.25, 0.3) is 0 Å².